The fraction of sp³-hybridized carbons (Fsp3) is 0.269. The van der Waals surface area contributed by atoms with E-state index in [1.165, 1.54) is 10.6 Å². The van der Waals surface area contributed by atoms with Crippen molar-refractivity contribution >= 4 is 34.1 Å². The standard InChI is InChI=1S/C26H28BrN3O4/c1-6-33-26(32)20-14-21(27)25(31)30(24(20)28-16-29(4)5)23-17(2)12-13-22(18(23)3)34-15-19-10-8-7-9-11-19/h7-14,16H,6,15H2,1-5H3/b28-16+. The van der Waals surface area contributed by atoms with Gasteiger partial charge in [-0.2, -0.15) is 0 Å². The van der Waals surface area contributed by atoms with Crippen molar-refractivity contribution in [2.45, 2.75) is 27.4 Å². The third-order valence-electron chi connectivity index (χ3n) is 5.08. The topological polar surface area (TPSA) is 73.1 Å². The molecular weight excluding hydrogens is 498 g/mol. The van der Waals surface area contributed by atoms with Crippen LogP contribution in [-0.2, 0) is 11.3 Å². The van der Waals surface area contributed by atoms with Gasteiger partial charge in [-0.05, 0) is 60.0 Å². The summed E-state index contributed by atoms with van der Waals surface area (Å²) in [4.78, 5) is 32.4. The van der Waals surface area contributed by atoms with Crippen LogP contribution in [0.5, 0.6) is 5.75 Å². The van der Waals surface area contributed by atoms with Crippen molar-refractivity contribution in [2.24, 2.45) is 4.99 Å². The lowest BCUT2D eigenvalue weighted by molar-refractivity contribution is 0.0526. The molecule has 0 saturated carbocycles. The molecule has 0 spiro atoms. The van der Waals surface area contributed by atoms with Crippen LogP contribution in [0.1, 0.15) is 34.0 Å². The summed E-state index contributed by atoms with van der Waals surface area (Å²) in [6.07, 6.45) is 1.54. The van der Waals surface area contributed by atoms with E-state index in [-0.39, 0.29) is 28.0 Å². The lowest BCUT2D eigenvalue weighted by atomic mass is 10.1. The SMILES string of the molecule is CCOC(=O)c1cc(Br)c(=O)n(-c2c(C)ccc(OCc3ccccc3)c2C)c1/N=C/N(C)C. The van der Waals surface area contributed by atoms with Crippen LogP contribution < -0.4 is 10.3 Å². The lowest BCUT2D eigenvalue weighted by Gasteiger charge is -2.20. The number of aromatic nitrogens is 1. The molecule has 0 saturated heterocycles. The van der Waals surface area contributed by atoms with Crippen molar-refractivity contribution in [3.8, 4) is 11.4 Å². The van der Waals surface area contributed by atoms with E-state index >= 15 is 0 Å². The van der Waals surface area contributed by atoms with Gasteiger partial charge in [-0.1, -0.05) is 36.4 Å². The second-order valence-corrected chi connectivity index (χ2v) is 8.78. The molecule has 3 rings (SSSR count). The Morgan fingerprint density at radius 2 is 1.85 bits per heavy atom. The zero-order valence-corrected chi connectivity index (χ0v) is 21.5. The number of rotatable bonds is 8. The van der Waals surface area contributed by atoms with E-state index in [4.69, 9.17) is 9.47 Å². The summed E-state index contributed by atoms with van der Waals surface area (Å²) in [5.74, 6) is 0.262. The molecule has 2 aromatic carbocycles. The van der Waals surface area contributed by atoms with E-state index in [9.17, 15) is 9.59 Å². The van der Waals surface area contributed by atoms with Crippen LogP contribution in [0.3, 0.4) is 0 Å². The van der Waals surface area contributed by atoms with E-state index in [1.54, 1.807) is 18.2 Å². The Kier molecular flexibility index (Phi) is 8.28. The molecule has 0 bridgehead atoms. The maximum Gasteiger partial charge on any atom is 0.341 e. The Bertz CT molecular complexity index is 1270. The molecule has 8 heteroatoms. The Morgan fingerprint density at radius 1 is 1.15 bits per heavy atom. The minimum Gasteiger partial charge on any atom is -0.489 e. The second kappa shape index (κ2) is 11.2. The van der Waals surface area contributed by atoms with Gasteiger partial charge < -0.3 is 14.4 Å². The Morgan fingerprint density at radius 3 is 2.50 bits per heavy atom. The fourth-order valence-electron chi connectivity index (χ4n) is 3.49. The average Bonchev–Trinajstić information content (AvgIpc) is 2.81. The van der Waals surface area contributed by atoms with Crippen molar-refractivity contribution in [3.05, 3.63) is 85.6 Å². The first-order valence-electron chi connectivity index (χ1n) is 10.8. The van der Waals surface area contributed by atoms with Gasteiger partial charge in [0.15, 0.2) is 5.82 Å². The summed E-state index contributed by atoms with van der Waals surface area (Å²) in [5.41, 5.74) is 3.07. The van der Waals surface area contributed by atoms with Gasteiger partial charge in [0.05, 0.1) is 23.1 Å². The predicted octanol–water partition coefficient (Wildman–Crippen LogP) is 5.19. The number of pyridine rings is 1. The third-order valence-corrected chi connectivity index (χ3v) is 5.65. The second-order valence-electron chi connectivity index (χ2n) is 7.93. The van der Waals surface area contributed by atoms with Crippen LogP contribution in [0.25, 0.3) is 5.69 Å². The summed E-state index contributed by atoms with van der Waals surface area (Å²) in [7, 11) is 3.62. The molecule has 7 nitrogen and oxygen atoms in total. The molecule has 0 amide bonds. The van der Waals surface area contributed by atoms with Crippen molar-refractivity contribution in [1.82, 2.24) is 9.47 Å². The number of hydrogen-bond acceptors (Lipinski definition) is 5. The normalized spacial score (nSPS) is 11.0. The molecule has 1 heterocycles. The first-order valence-corrected chi connectivity index (χ1v) is 11.6. The molecule has 0 aliphatic heterocycles. The van der Waals surface area contributed by atoms with Gasteiger partial charge in [0.1, 0.15) is 17.9 Å². The van der Waals surface area contributed by atoms with Gasteiger partial charge in [0, 0.05) is 19.7 Å². The fourth-order valence-corrected chi connectivity index (χ4v) is 3.90. The zero-order chi connectivity index (χ0) is 24.8. The molecule has 1 aromatic heterocycles. The minimum atomic E-state index is -0.561. The summed E-state index contributed by atoms with van der Waals surface area (Å²) in [6, 6.07) is 15.1. The molecule has 0 aliphatic rings. The van der Waals surface area contributed by atoms with Gasteiger partial charge in [-0.15, -0.1) is 0 Å². The maximum absolute atomic E-state index is 13.4. The van der Waals surface area contributed by atoms with E-state index in [1.807, 2.05) is 70.4 Å². The number of nitrogens with zero attached hydrogens (tertiary/aromatic N) is 3. The van der Waals surface area contributed by atoms with Gasteiger partial charge in [0.25, 0.3) is 5.56 Å². The molecule has 0 aliphatic carbocycles. The monoisotopic (exact) mass is 525 g/mol. The van der Waals surface area contributed by atoms with E-state index in [2.05, 4.69) is 20.9 Å². The summed E-state index contributed by atoms with van der Waals surface area (Å²) < 4.78 is 13.0. The number of esters is 1. The predicted molar refractivity (Wildman–Crippen MR) is 138 cm³/mol. The third kappa shape index (κ3) is 5.56. The maximum atomic E-state index is 13.4. The smallest absolute Gasteiger partial charge is 0.341 e. The molecule has 178 valence electrons. The van der Waals surface area contributed by atoms with Crippen LogP contribution in [0, 0.1) is 13.8 Å². The van der Waals surface area contributed by atoms with Gasteiger partial charge >= 0.3 is 5.97 Å². The largest absolute Gasteiger partial charge is 0.489 e. The molecule has 0 N–H and O–H groups in total. The van der Waals surface area contributed by atoms with Crippen molar-refractivity contribution in [3.63, 3.8) is 0 Å². The van der Waals surface area contributed by atoms with Gasteiger partial charge in [-0.25, -0.2) is 9.79 Å². The number of aryl methyl sites for hydroxylation is 1. The molecule has 0 unspecified atom stereocenters. The summed E-state index contributed by atoms with van der Waals surface area (Å²) in [6.45, 7) is 6.11. The number of benzene rings is 2. The number of halogens is 1. The molecule has 0 atom stereocenters. The number of aliphatic imine (C=N–C) groups is 1. The van der Waals surface area contributed by atoms with Gasteiger partial charge in [0.2, 0.25) is 0 Å². The Hall–Kier alpha value is -3.39. The number of ether oxygens (including phenoxy) is 2. The van der Waals surface area contributed by atoms with Crippen LogP contribution >= 0.6 is 15.9 Å². The van der Waals surface area contributed by atoms with Crippen LogP contribution in [-0.4, -0.2) is 42.5 Å². The number of hydrogen-bond donors (Lipinski definition) is 0. The van der Waals surface area contributed by atoms with Crippen molar-refractivity contribution in [2.75, 3.05) is 20.7 Å². The van der Waals surface area contributed by atoms with Crippen molar-refractivity contribution in [1.29, 1.82) is 0 Å². The molecule has 3 aromatic rings. The first-order chi connectivity index (χ1) is 16.2. The van der Waals surface area contributed by atoms with Gasteiger partial charge in [-0.3, -0.25) is 9.36 Å². The van der Waals surface area contributed by atoms with Crippen LogP contribution in [0.2, 0.25) is 0 Å². The average molecular weight is 526 g/mol. The lowest BCUT2D eigenvalue weighted by Crippen LogP contribution is -2.24. The van der Waals surface area contributed by atoms with E-state index in [0.29, 0.717) is 18.0 Å². The van der Waals surface area contributed by atoms with Crippen molar-refractivity contribution < 1.29 is 14.3 Å². The molecule has 34 heavy (non-hydrogen) atoms. The highest BCUT2D eigenvalue weighted by atomic mass is 79.9. The highest BCUT2D eigenvalue weighted by Gasteiger charge is 2.23. The minimum absolute atomic E-state index is 0.181. The molecular formula is C26H28BrN3O4. The Labute approximate surface area is 207 Å². The molecule has 0 radical (unpaired) electrons. The summed E-state index contributed by atoms with van der Waals surface area (Å²) in [5, 5.41) is 0. The highest BCUT2D eigenvalue weighted by Crippen LogP contribution is 2.33. The first kappa shape index (κ1) is 25.2. The Balaban J connectivity index is 2.23. The molecule has 0 fully saturated rings. The van der Waals surface area contributed by atoms with E-state index < -0.39 is 5.97 Å². The zero-order valence-electron chi connectivity index (χ0n) is 20.0. The highest BCUT2D eigenvalue weighted by molar-refractivity contribution is 9.10. The number of carbonyl (C=O) groups is 1. The summed E-state index contributed by atoms with van der Waals surface area (Å²) >= 11 is 3.32. The van der Waals surface area contributed by atoms with E-state index in [0.717, 1.165) is 16.7 Å². The van der Waals surface area contributed by atoms with Crippen LogP contribution in [0.4, 0.5) is 5.82 Å². The number of carbonyl (C=O) groups excluding carboxylic acids is 1. The van der Waals surface area contributed by atoms with Crippen LogP contribution in [0.15, 0.2) is 62.8 Å². The quantitative estimate of drug-likeness (QED) is 0.229.